The number of halogens is 1. The van der Waals surface area contributed by atoms with Crippen LogP contribution in [0, 0.1) is 0 Å². The molecule has 1 aromatic carbocycles. The van der Waals surface area contributed by atoms with Crippen molar-refractivity contribution in [2.45, 2.75) is 26.7 Å². The molecule has 0 N–H and O–H groups in total. The van der Waals surface area contributed by atoms with Crippen LogP contribution in [0.25, 0.3) is 0 Å². The average Bonchev–Trinajstić information content (AvgIpc) is 2.56. The normalized spacial score (nSPS) is 10.4. The third-order valence-electron chi connectivity index (χ3n) is 3.45. The van der Waals surface area contributed by atoms with Gasteiger partial charge in [0.1, 0.15) is 5.75 Å². The van der Waals surface area contributed by atoms with Gasteiger partial charge in [0.2, 0.25) is 0 Å². The summed E-state index contributed by atoms with van der Waals surface area (Å²) in [7, 11) is 0. The predicted molar refractivity (Wildman–Crippen MR) is 90.2 cm³/mol. The second kappa shape index (κ2) is 8.53. The zero-order valence-electron chi connectivity index (χ0n) is 13.3. The number of hydrogen-bond donors (Lipinski definition) is 0. The third kappa shape index (κ3) is 4.45. The molecule has 0 bridgehead atoms. The van der Waals surface area contributed by atoms with Crippen LogP contribution >= 0.6 is 11.6 Å². The van der Waals surface area contributed by atoms with Crippen LogP contribution < -0.4 is 4.74 Å². The van der Waals surface area contributed by atoms with E-state index in [1.807, 2.05) is 31.2 Å². The lowest BCUT2D eigenvalue weighted by Gasteiger charge is -2.13. The molecular formula is C18H20ClNO3. The van der Waals surface area contributed by atoms with Crippen LogP contribution in [0.1, 0.15) is 35.3 Å². The topological polar surface area (TPSA) is 48.4 Å². The van der Waals surface area contributed by atoms with Gasteiger partial charge < -0.3 is 9.47 Å². The highest BCUT2D eigenvalue weighted by Crippen LogP contribution is 2.23. The van der Waals surface area contributed by atoms with Crippen molar-refractivity contribution < 1.29 is 14.3 Å². The van der Waals surface area contributed by atoms with Crippen LogP contribution in [0.2, 0.25) is 5.02 Å². The number of benzene rings is 1. The van der Waals surface area contributed by atoms with Gasteiger partial charge in [-0.2, -0.15) is 0 Å². The van der Waals surface area contributed by atoms with Gasteiger partial charge in [0, 0.05) is 23.2 Å². The molecule has 122 valence electrons. The fourth-order valence-corrected chi connectivity index (χ4v) is 2.54. The molecule has 0 saturated carbocycles. The van der Waals surface area contributed by atoms with Gasteiger partial charge in [0.25, 0.3) is 0 Å². The van der Waals surface area contributed by atoms with Crippen molar-refractivity contribution in [3.8, 4) is 5.75 Å². The Morgan fingerprint density at radius 3 is 2.70 bits per heavy atom. The summed E-state index contributed by atoms with van der Waals surface area (Å²) in [5.74, 6) is 0.249. The van der Waals surface area contributed by atoms with E-state index in [1.54, 1.807) is 13.1 Å². The Kier molecular flexibility index (Phi) is 6.41. The van der Waals surface area contributed by atoms with Crippen LogP contribution in [-0.2, 0) is 17.6 Å². The van der Waals surface area contributed by atoms with Crippen LogP contribution in [-0.4, -0.2) is 24.2 Å². The van der Waals surface area contributed by atoms with Crippen molar-refractivity contribution in [2.75, 3.05) is 13.2 Å². The van der Waals surface area contributed by atoms with Gasteiger partial charge in [-0.15, -0.1) is 0 Å². The molecule has 0 unspecified atom stereocenters. The van der Waals surface area contributed by atoms with Crippen molar-refractivity contribution in [1.29, 1.82) is 0 Å². The first-order valence-electron chi connectivity index (χ1n) is 7.67. The summed E-state index contributed by atoms with van der Waals surface area (Å²) in [6.45, 7) is 4.55. The van der Waals surface area contributed by atoms with Gasteiger partial charge in [0.05, 0.1) is 25.0 Å². The summed E-state index contributed by atoms with van der Waals surface area (Å²) in [5, 5.41) is 0.727. The monoisotopic (exact) mass is 333 g/mol. The first-order chi connectivity index (χ1) is 11.2. The highest BCUT2D eigenvalue weighted by atomic mass is 35.5. The van der Waals surface area contributed by atoms with E-state index in [1.165, 1.54) is 6.20 Å². The van der Waals surface area contributed by atoms with Gasteiger partial charge in [-0.1, -0.05) is 36.7 Å². The number of nitrogens with zero attached hydrogens (tertiary/aromatic N) is 1. The number of ether oxygens (including phenoxy) is 2. The van der Waals surface area contributed by atoms with E-state index in [2.05, 4.69) is 4.98 Å². The molecule has 4 nitrogen and oxygen atoms in total. The van der Waals surface area contributed by atoms with Gasteiger partial charge in [-0.05, 0) is 25.0 Å². The Morgan fingerprint density at radius 2 is 2.00 bits per heavy atom. The first kappa shape index (κ1) is 17.3. The minimum atomic E-state index is -0.367. The van der Waals surface area contributed by atoms with E-state index >= 15 is 0 Å². The third-order valence-corrected chi connectivity index (χ3v) is 3.82. The Balaban J connectivity index is 2.09. The number of aromatic nitrogens is 1. The first-order valence-corrected chi connectivity index (χ1v) is 8.05. The van der Waals surface area contributed by atoms with Gasteiger partial charge >= 0.3 is 5.97 Å². The molecule has 1 heterocycles. The summed E-state index contributed by atoms with van der Waals surface area (Å²) in [5.41, 5.74) is 2.31. The van der Waals surface area contributed by atoms with E-state index in [0.717, 1.165) is 16.1 Å². The Morgan fingerprint density at radius 1 is 1.22 bits per heavy atom. The highest BCUT2D eigenvalue weighted by Gasteiger charge is 2.16. The molecule has 2 aromatic rings. The zero-order chi connectivity index (χ0) is 16.7. The molecule has 2 rings (SSSR count). The number of pyridine rings is 1. The molecule has 0 saturated heterocycles. The lowest BCUT2D eigenvalue weighted by Crippen LogP contribution is -2.11. The maximum Gasteiger partial charge on any atom is 0.340 e. The molecule has 0 fully saturated rings. The number of hydrogen-bond acceptors (Lipinski definition) is 4. The van der Waals surface area contributed by atoms with Gasteiger partial charge in [-0.25, -0.2) is 4.79 Å². The zero-order valence-corrected chi connectivity index (χ0v) is 14.1. The number of carbonyl (C=O) groups is 1. The molecule has 5 heteroatoms. The number of rotatable bonds is 7. The summed E-state index contributed by atoms with van der Waals surface area (Å²) < 4.78 is 10.9. The van der Waals surface area contributed by atoms with Crippen LogP contribution in [0.4, 0.5) is 0 Å². The maximum atomic E-state index is 12.0. The van der Waals surface area contributed by atoms with Crippen LogP contribution in [0.3, 0.4) is 0 Å². The van der Waals surface area contributed by atoms with Crippen LogP contribution in [0.5, 0.6) is 5.75 Å². The number of esters is 1. The predicted octanol–water partition coefficient (Wildman–Crippen LogP) is 4.10. The van der Waals surface area contributed by atoms with Crippen molar-refractivity contribution in [2.24, 2.45) is 0 Å². The molecule has 0 atom stereocenters. The summed E-state index contributed by atoms with van der Waals surface area (Å²) >= 11 is 6.14. The lowest BCUT2D eigenvalue weighted by molar-refractivity contribution is 0.0524. The summed E-state index contributed by atoms with van der Waals surface area (Å²) in [6, 6.07) is 7.67. The fraction of sp³-hybridized carbons (Fsp3) is 0.333. The standard InChI is InChI=1S/C18H20ClNO3/c1-3-14-15(18(21)22-4-2)11-20-12-17(14)23-10-9-13-7-5-6-8-16(13)19/h5-8,11-12H,3-4,9-10H2,1-2H3. The van der Waals surface area contributed by atoms with E-state index in [-0.39, 0.29) is 5.97 Å². The quantitative estimate of drug-likeness (QED) is 0.716. The highest BCUT2D eigenvalue weighted by molar-refractivity contribution is 6.31. The van der Waals surface area contributed by atoms with E-state index < -0.39 is 0 Å². The summed E-state index contributed by atoms with van der Waals surface area (Å²) in [4.78, 5) is 16.1. The van der Waals surface area contributed by atoms with Crippen molar-refractivity contribution in [3.63, 3.8) is 0 Å². The molecule has 0 amide bonds. The molecule has 0 spiro atoms. The van der Waals surface area contributed by atoms with E-state index in [4.69, 9.17) is 21.1 Å². The maximum absolute atomic E-state index is 12.0. The minimum absolute atomic E-state index is 0.333. The molecule has 23 heavy (non-hydrogen) atoms. The van der Waals surface area contributed by atoms with Gasteiger partial charge in [-0.3, -0.25) is 4.98 Å². The van der Waals surface area contributed by atoms with E-state index in [9.17, 15) is 4.79 Å². The molecule has 0 aliphatic carbocycles. The minimum Gasteiger partial charge on any atom is -0.491 e. The van der Waals surface area contributed by atoms with Crippen molar-refractivity contribution >= 4 is 17.6 Å². The van der Waals surface area contributed by atoms with Gasteiger partial charge in [0.15, 0.2) is 0 Å². The second-order valence-corrected chi connectivity index (χ2v) is 5.33. The molecule has 1 aromatic heterocycles. The lowest BCUT2D eigenvalue weighted by atomic mass is 10.1. The molecule has 0 aliphatic heterocycles. The molecule has 0 radical (unpaired) electrons. The van der Waals surface area contributed by atoms with Crippen LogP contribution in [0.15, 0.2) is 36.7 Å². The fourth-order valence-electron chi connectivity index (χ4n) is 2.31. The smallest absolute Gasteiger partial charge is 0.340 e. The average molecular weight is 334 g/mol. The Labute approximate surface area is 141 Å². The second-order valence-electron chi connectivity index (χ2n) is 4.93. The Hall–Kier alpha value is -2.07. The van der Waals surface area contributed by atoms with E-state index in [0.29, 0.717) is 37.4 Å². The molecular weight excluding hydrogens is 314 g/mol. The number of carbonyl (C=O) groups excluding carboxylic acids is 1. The Bertz CT molecular complexity index is 673. The SMILES string of the molecule is CCOC(=O)c1cncc(OCCc2ccccc2Cl)c1CC. The summed E-state index contributed by atoms with van der Waals surface area (Å²) in [6.07, 6.45) is 4.51. The largest absolute Gasteiger partial charge is 0.491 e. The van der Waals surface area contributed by atoms with Crippen molar-refractivity contribution in [3.05, 3.63) is 58.4 Å². The molecule has 0 aliphatic rings. The van der Waals surface area contributed by atoms with Crippen molar-refractivity contribution in [1.82, 2.24) is 4.98 Å².